The molecular formula is C77H132O16. The van der Waals surface area contributed by atoms with Crippen LogP contribution in [0.5, 0.6) is 0 Å². The molecule has 12 N–H and O–H groups in total. The average molecular weight is 1310 g/mol. The Bertz CT molecular complexity index is 2410. The summed E-state index contributed by atoms with van der Waals surface area (Å²) in [4.78, 5) is 43.4. The summed E-state index contributed by atoms with van der Waals surface area (Å²) in [6.07, 6.45) is 16.6. The Labute approximate surface area is 561 Å². The number of carboxylic acid groups (broad SMARTS) is 4. The van der Waals surface area contributed by atoms with Crippen molar-refractivity contribution >= 4 is 23.9 Å². The van der Waals surface area contributed by atoms with E-state index in [1.807, 2.05) is 24.3 Å². The molecule has 4 aliphatic carbocycles. The number of hydrogen-bond acceptors (Lipinski definition) is 12. The van der Waals surface area contributed by atoms with Gasteiger partial charge in [-0.05, 0) is 91.3 Å². The van der Waals surface area contributed by atoms with E-state index < -0.39 is 102 Å². The molecule has 4 aliphatic rings. The molecule has 0 bridgehead atoms. The molecule has 0 radical (unpaired) electrons. The molecule has 536 valence electrons. The lowest BCUT2D eigenvalue weighted by molar-refractivity contribution is -0.138. The standard InChI is InChI=1S/4C18H30O3.C5H12O4/c4*1-16(2,3)13-10-12(8-9-14(19)20)11-18(7,15(13)21)17(4,5)6;6-1-5(2-7,3-8)4-9/h4*10-11,15,21H,8-9H2,1-7H3,(H,19,20);6-9H,1-4H2. The third kappa shape index (κ3) is 23.9. The summed E-state index contributed by atoms with van der Waals surface area (Å²) < 4.78 is 0. The Morgan fingerprint density at radius 2 is 0.452 bits per heavy atom. The van der Waals surface area contributed by atoms with Crippen LogP contribution in [0.25, 0.3) is 0 Å². The highest BCUT2D eigenvalue weighted by molar-refractivity contribution is 5.68. The Morgan fingerprint density at radius 3 is 0.538 bits per heavy atom. The van der Waals surface area contributed by atoms with Gasteiger partial charge in [0, 0.05) is 47.3 Å². The Morgan fingerprint density at radius 1 is 0.312 bits per heavy atom. The van der Waals surface area contributed by atoms with E-state index in [9.17, 15) is 39.6 Å². The van der Waals surface area contributed by atoms with E-state index in [0.717, 1.165) is 44.6 Å². The van der Waals surface area contributed by atoms with Gasteiger partial charge in [0.25, 0.3) is 0 Å². The second-order valence-corrected chi connectivity index (χ2v) is 35.7. The summed E-state index contributed by atoms with van der Waals surface area (Å²) in [6.45, 7) is 57.1. The fourth-order valence-electron chi connectivity index (χ4n) is 11.3. The van der Waals surface area contributed by atoms with Crippen LogP contribution >= 0.6 is 0 Å². The summed E-state index contributed by atoms with van der Waals surface area (Å²) in [7, 11) is 0. The molecule has 0 aromatic rings. The van der Waals surface area contributed by atoms with Crippen LogP contribution < -0.4 is 0 Å². The lowest BCUT2D eigenvalue weighted by Gasteiger charge is -2.49. The molecule has 0 saturated heterocycles. The zero-order valence-electron chi connectivity index (χ0n) is 62.9. The molecule has 4 rings (SSSR count). The maximum atomic E-state index is 10.9. The third-order valence-electron chi connectivity index (χ3n) is 20.5. The minimum atomic E-state index is -1.11. The van der Waals surface area contributed by atoms with Gasteiger partial charge in [-0.2, -0.15) is 0 Å². The summed E-state index contributed by atoms with van der Waals surface area (Å²) in [6, 6.07) is 0. The highest BCUT2D eigenvalue weighted by atomic mass is 16.4. The fourth-order valence-corrected chi connectivity index (χ4v) is 11.3. The Balaban J connectivity index is 0.00000116. The first-order valence-electron chi connectivity index (χ1n) is 33.2. The van der Waals surface area contributed by atoms with Crippen molar-refractivity contribution < 1.29 is 80.5 Å². The van der Waals surface area contributed by atoms with Gasteiger partial charge in [0.05, 0.1) is 56.3 Å². The molecule has 8 unspecified atom stereocenters. The first kappa shape index (κ1) is 88.5. The lowest BCUT2D eigenvalue weighted by atomic mass is 9.58. The normalized spacial score (nSPS) is 25.7. The predicted molar refractivity (Wildman–Crippen MR) is 375 cm³/mol. The van der Waals surface area contributed by atoms with Gasteiger partial charge in [-0.3, -0.25) is 19.2 Å². The lowest BCUT2D eigenvalue weighted by Crippen LogP contribution is -2.46. The summed E-state index contributed by atoms with van der Waals surface area (Å²) in [5.41, 5.74) is 4.25. The molecule has 0 amide bonds. The monoisotopic (exact) mass is 1310 g/mol. The van der Waals surface area contributed by atoms with Crippen molar-refractivity contribution in [3.63, 3.8) is 0 Å². The maximum Gasteiger partial charge on any atom is 0.303 e. The average Bonchev–Trinajstić information content (AvgIpc) is 0.778. The molecule has 0 aromatic heterocycles. The molecule has 0 saturated carbocycles. The number of carboxylic acids is 4. The van der Waals surface area contributed by atoms with E-state index in [0.29, 0.717) is 25.7 Å². The molecule has 0 aromatic carbocycles. The van der Waals surface area contributed by atoms with Crippen LogP contribution in [0.1, 0.15) is 245 Å². The quantitative estimate of drug-likeness (QED) is 0.0683. The zero-order chi connectivity index (χ0) is 73.9. The van der Waals surface area contributed by atoms with Crippen molar-refractivity contribution in [2.75, 3.05) is 26.4 Å². The minimum absolute atomic E-state index is 0.119. The van der Waals surface area contributed by atoms with Crippen molar-refractivity contribution in [1.82, 2.24) is 0 Å². The van der Waals surface area contributed by atoms with Crippen LogP contribution in [-0.2, 0) is 19.2 Å². The summed E-state index contributed by atoms with van der Waals surface area (Å²) >= 11 is 0. The zero-order valence-corrected chi connectivity index (χ0v) is 62.9. The van der Waals surface area contributed by atoms with Crippen molar-refractivity contribution in [2.24, 2.45) is 70.4 Å². The molecule has 0 heterocycles. The van der Waals surface area contributed by atoms with Crippen molar-refractivity contribution in [3.05, 3.63) is 93.2 Å². The summed E-state index contributed by atoms with van der Waals surface area (Å²) in [5.74, 6) is -3.15. The number of aliphatic hydroxyl groups excluding tert-OH is 8. The van der Waals surface area contributed by atoms with Crippen LogP contribution in [0.3, 0.4) is 0 Å². The summed E-state index contributed by atoms with van der Waals surface area (Å²) in [5, 5.41) is 113. The van der Waals surface area contributed by atoms with Crippen molar-refractivity contribution in [2.45, 2.75) is 270 Å². The SMILES string of the molecule is CC(C)(C)C1=CC(CCC(=O)O)=CC(C)(C(C)(C)C)C1O.CC(C)(C)C1=CC(CCC(=O)O)=CC(C)(C(C)(C)C)C1O.CC(C)(C)C1=CC(CCC(=O)O)=CC(C)(C(C)(C)C)C1O.CC(C)(C)C1=CC(CCC(=O)O)=CC(C)(C(C)(C)C)C1O.OCC(CO)(CO)CO. The fraction of sp³-hybridized carbons (Fsp3) is 0.740. The number of aliphatic carboxylic acids is 4. The van der Waals surface area contributed by atoms with Gasteiger partial charge in [-0.25, -0.2) is 0 Å². The van der Waals surface area contributed by atoms with Gasteiger partial charge in [0.15, 0.2) is 0 Å². The van der Waals surface area contributed by atoms with E-state index >= 15 is 0 Å². The van der Waals surface area contributed by atoms with Gasteiger partial charge in [0.2, 0.25) is 0 Å². The van der Waals surface area contributed by atoms with Crippen LogP contribution in [0.4, 0.5) is 0 Å². The molecule has 0 aliphatic heterocycles. The van der Waals surface area contributed by atoms with Crippen molar-refractivity contribution in [3.8, 4) is 0 Å². The maximum absolute atomic E-state index is 10.9. The van der Waals surface area contributed by atoms with E-state index in [1.54, 1.807) is 0 Å². The Hall–Kier alpha value is -4.52. The van der Waals surface area contributed by atoms with E-state index in [2.05, 4.69) is 218 Å². The first-order valence-corrected chi connectivity index (χ1v) is 33.2. The number of rotatable bonds is 16. The van der Waals surface area contributed by atoms with Gasteiger partial charge in [-0.15, -0.1) is 0 Å². The van der Waals surface area contributed by atoms with Crippen LogP contribution in [0.2, 0.25) is 0 Å². The molecular weight excluding hydrogens is 1180 g/mol. The second-order valence-electron chi connectivity index (χ2n) is 35.7. The van der Waals surface area contributed by atoms with Crippen molar-refractivity contribution in [1.29, 1.82) is 0 Å². The smallest absolute Gasteiger partial charge is 0.303 e. The van der Waals surface area contributed by atoms with Crippen LogP contribution in [-0.4, -0.2) is 136 Å². The number of carbonyl (C=O) groups is 4. The number of hydrogen-bond donors (Lipinski definition) is 12. The largest absolute Gasteiger partial charge is 0.481 e. The first-order chi connectivity index (χ1) is 41.4. The minimum Gasteiger partial charge on any atom is -0.481 e. The van der Waals surface area contributed by atoms with E-state index in [1.165, 1.54) is 0 Å². The molecule has 93 heavy (non-hydrogen) atoms. The van der Waals surface area contributed by atoms with Gasteiger partial charge in [0.1, 0.15) is 0 Å². The molecule has 0 spiro atoms. The molecule has 16 nitrogen and oxygen atoms in total. The highest BCUT2D eigenvalue weighted by Gasteiger charge is 2.51. The predicted octanol–water partition coefficient (Wildman–Crippen LogP) is 14.6. The molecule has 16 heteroatoms. The second kappa shape index (κ2) is 32.7. The van der Waals surface area contributed by atoms with Gasteiger partial charge in [-0.1, -0.05) is 265 Å². The Kier molecular flexibility index (Phi) is 31.1. The third-order valence-corrected chi connectivity index (χ3v) is 20.5. The molecule has 0 fully saturated rings. The number of allylic oxidation sites excluding steroid dienone is 8. The van der Waals surface area contributed by atoms with E-state index in [4.69, 9.17) is 40.9 Å². The van der Waals surface area contributed by atoms with E-state index in [-0.39, 0.29) is 69.0 Å². The topological polar surface area (TPSA) is 311 Å². The van der Waals surface area contributed by atoms with Gasteiger partial charge < -0.3 is 61.3 Å². The van der Waals surface area contributed by atoms with Crippen LogP contribution in [0, 0.1) is 70.4 Å². The molecule has 8 atom stereocenters. The van der Waals surface area contributed by atoms with Gasteiger partial charge >= 0.3 is 23.9 Å². The number of aliphatic hydroxyl groups is 8. The highest BCUT2D eigenvalue weighted by Crippen LogP contribution is 2.55. The van der Waals surface area contributed by atoms with Crippen LogP contribution in [0.15, 0.2) is 93.2 Å².